The first kappa shape index (κ1) is 15.8. The minimum Gasteiger partial charge on any atom is -0.496 e. The summed E-state index contributed by atoms with van der Waals surface area (Å²) in [5.41, 5.74) is 3.53. The third kappa shape index (κ3) is 3.04. The minimum atomic E-state index is -0.368. The van der Waals surface area contributed by atoms with E-state index in [2.05, 4.69) is 5.32 Å². The molecule has 0 saturated carbocycles. The Bertz CT molecular complexity index is 657. The first-order valence-corrected chi connectivity index (χ1v) is 7.13. The molecular formula is C17H19ClFNO. The van der Waals surface area contributed by atoms with Crippen molar-refractivity contribution in [2.24, 2.45) is 0 Å². The standard InChI is InChI=1S/C17H19ClFNO/c1-10-8-12(13(18)9-11(10)2)17(20-3)16-14(19)6-5-7-15(16)21-4/h5-9,17,20H,1-4H3. The summed E-state index contributed by atoms with van der Waals surface area (Å²) < 4.78 is 19.6. The molecule has 112 valence electrons. The predicted octanol–water partition coefficient (Wildman–Crippen LogP) is 4.41. The molecule has 0 aliphatic carbocycles. The molecule has 0 aliphatic heterocycles. The van der Waals surface area contributed by atoms with Crippen LogP contribution in [0.2, 0.25) is 5.02 Å². The summed E-state index contributed by atoms with van der Waals surface area (Å²) in [7, 11) is 3.31. The maximum Gasteiger partial charge on any atom is 0.132 e. The van der Waals surface area contributed by atoms with Crippen molar-refractivity contribution in [3.63, 3.8) is 0 Å². The van der Waals surface area contributed by atoms with E-state index in [1.165, 1.54) is 13.2 Å². The fourth-order valence-electron chi connectivity index (χ4n) is 2.46. The summed E-state index contributed by atoms with van der Waals surface area (Å²) in [5.74, 6) is 0.187. The van der Waals surface area contributed by atoms with Gasteiger partial charge in [0.2, 0.25) is 0 Å². The van der Waals surface area contributed by atoms with Crippen LogP contribution in [0.15, 0.2) is 30.3 Å². The number of aryl methyl sites for hydroxylation is 2. The van der Waals surface area contributed by atoms with Gasteiger partial charge in [0.25, 0.3) is 0 Å². The van der Waals surface area contributed by atoms with Crippen LogP contribution in [0, 0.1) is 19.7 Å². The summed E-state index contributed by atoms with van der Waals surface area (Å²) in [4.78, 5) is 0. The molecule has 4 heteroatoms. The van der Waals surface area contributed by atoms with Crippen molar-refractivity contribution in [2.45, 2.75) is 19.9 Å². The summed E-state index contributed by atoms with van der Waals surface area (Å²) in [6.07, 6.45) is 0. The second-order valence-corrected chi connectivity index (χ2v) is 5.44. The lowest BCUT2D eigenvalue weighted by atomic mass is 9.94. The smallest absolute Gasteiger partial charge is 0.132 e. The Morgan fingerprint density at radius 2 is 1.86 bits per heavy atom. The highest BCUT2D eigenvalue weighted by atomic mass is 35.5. The lowest BCUT2D eigenvalue weighted by Gasteiger charge is -2.22. The number of halogens is 2. The Morgan fingerprint density at radius 3 is 2.48 bits per heavy atom. The summed E-state index contributed by atoms with van der Waals surface area (Å²) in [6, 6.07) is 8.34. The quantitative estimate of drug-likeness (QED) is 0.903. The number of hydrogen-bond donors (Lipinski definition) is 1. The van der Waals surface area contributed by atoms with Gasteiger partial charge in [0, 0.05) is 5.02 Å². The van der Waals surface area contributed by atoms with E-state index in [0.717, 1.165) is 16.7 Å². The normalized spacial score (nSPS) is 12.3. The van der Waals surface area contributed by atoms with E-state index in [0.29, 0.717) is 16.3 Å². The van der Waals surface area contributed by atoms with E-state index in [-0.39, 0.29) is 11.9 Å². The van der Waals surface area contributed by atoms with Crippen LogP contribution < -0.4 is 10.1 Å². The van der Waals surface area contributed by atoms with E-state index in [1.54, 1.807) is 19.2 Å². The van der Waals surface area contributed by atoms with Crippen molar-refractivity contribution in [3.8, 4) is 5.75 Å². The van der Waals surface area contributed by atoms with Gasteiger partial charge in [-0.25, -0.2) is 4.39 Å². The van der Waals surface area contributed by atoms with Crippen LogP contribution in [0.1, 0.15) is 28.3 Å². The van der Waals surface area contributed by atoms with Gasteiger partial charge in [0.1, 0.15) is 11.6 Å². The maximum absolute atomic E-state index is 14.3. The third-order valence-corrected chi connectivity index (χ3v) is 4.06. The Morgan fingerprint density at radius 1 is 1.19 bits per heavy atom. The van der Waals surface area contributed by atoms with Gasteiger partial charge in [-0.2, -0.15) is 0 Å². The van der Waals surface area contributed by atoms with E-state index >= 15 is 0 Å². The number of nitrogens with one attached hydrogen (secondary N) is 1. The van der Waals surface area contributed by atoms with Crippen LogP contribution in [0.3, 0.4) is 0 Å². The molecule has 1 atom stereocenters. The van der Waals surface area contributed by atoms with Crippen LogP contribution in [-0.4, -0.2) is 14.2 Å². The molecule has 0 radical (unpaired) electrons. The fraction of sp³-hybridized carbons (Fsp3) is 0.294. The molecular weight excluding hydrogens is 289 g/mol. The third-order valence-electron chi connectivity index (χ3n) is 3.73. The first-order chi connectivity index (χ1) is 9.99. The SMILES string of the molecule is CNC(c1cc(C)c(C)cc1Cl)c1c(F)cccc1OC. The van der Waals surface area contributed by atoms with Gasteiger partial charge >= 0.3 is 0 Å². The van der Waals surface area contributed by atoms with Gasteiger partial charge < -0.3 is 10.1 Å². The number of methoxy groups -OCH3 is 1. The van der Waals surface area contributed by atoms with Crippen LogP contribution >= 0.6 is 11.6 Å². The number of hydrogen-bond acceptors (Lipinski definition) is 2. The maximum atomic E-state index is 14.3. The first-order valence-electron chi connectivity index (χ1n) is 6.76. The summed E-state index contributed by atoms with van der Waals surface area (Å²) >= 11 is 6.37. The van der Waals surface area contributed by atoms with Crippen LogP contribution in [0.25, 0.3) is 0 Å². The van der Waals surface area contributed by atoms with Gasteiger partial charge in [0.15, 0.2) is 0 Å². The lowest BCUT2D eigenvalue weighted by molar-refractivity contribution is 0.398. The van der Waals surface area contributed by atoms with Gasteiger partial charge in [-0.15, -0.1) is 0 Å². The Hall–Kier alpha value is -1.58. The van der Waals surface area contributed by atoms with Crippen molar-refractivity contribution >= 4 is 11.6 Å². The molecule has 0 heterocycles. The molecule has 1 unspecified atom stereocenters. The second-order valence-electron chi connectivity index (χ2n) is 5.04. The highest BCUT2D eigenvalue weighted by molar-refractivity contribution is 6.31. The van der Waals surface area contributed by atoms with Gasteiger partial charge in [0.05, 0.1) is 18.7 Å². The summed E-state index contributed by atoms with van der Waals surface area (Å²) in [5, 5.41) is 3.75. The zero-order valence-electron chi connectivity index (χ0n) is 12.6. The molecule has 0 saturated heterocycles. The topological polar surface area (TPSA) is 21.3 Å². The van der Waals surface area contributed by atoms with Crippen LogP contribution in [0.5, 0.6) is 5.75 Å². The lowest BCUT2D eigenvalue weighted by Crippen LogP contribution is -2.20. The highest BCUT2D eigenvalue weighted by Crippen LogP contribution is 2.36. The monoisotopic (exact) mass is 307 g/mol. The predicted molar refractivity (Wildman–Crippen MR) is 84.8 cm³/mol. The molecule has 2 nitrogen and oxygen atoms in total. The zero-order chi connectivity index (χ0) is 15.6. The van der Waals surface area contributed by atoms with Gasteiger partial charge in [-0.1, -0.05) is 23.7 Å². The van der Waals surface area contributed by atoms with Gasteiger partial charge in [-0.3, -0.25) is 0 Å². The van der Waals surface area contributed by atoms with Crippen molar-refractivity contribution in [2.75, 3.05) is 14.2 Å². The van der Waals surface area contributed by atoms with Crippen molar-refractivity contribution in [1.82, 2.24) is 5.32 Å². The molecule has 0 aromatic heterocycles. The highest BCUT2D eigenvalue weighted by Gasteiger charge is 2.23. The van der Waals surface area contributed by atoms with Crippen molar-refractivity contribution in [1.29, 1.82) is 0 Å². The number of rotatable bonds is 4. The molecule has 2 rings (SSSR count). The molecule has 0 bridgehead atoms. The van der Waals surface area contributed by atoms with Crippen molar-refractivity contribution in [3.05, 3.63) is 63.4 Å². The minimum absolute atomic E-state index is 0.317. The fourth-order valence-corrected chi connectivity index (χ4v) is 2.78. The summed E-state index contributed by atoms with van der Waals surface area (Å²) in [6.45, 7) is 4.02. The largest absolute Gasteiger partial charge is 0.496 e. The molecule has 0 spiro atoms. The van der Waals surface area contributed by atoms with Gasteiger partial charge in [-0.05, 0) is 55.8 Å². The second kappa shape index (κ2) is 6.46. The molecule has 2 aromatic rings. The average Bonchev–Trinajstić information content (AvgIpc) is 2.46. The molecule has 0 aliphatic rings. The number of benzene rings is 2. The van der Waals surface area contributed by atoms with E-state index in [4.69, 9.17) is 16.3 Å². The number of ether oxygens (including phenoxy) is 1. The van der Waals surface area contributed by atoms with E-state index in [9.17, 15) is 4.39 Å². The molecule has 0 fully saturated rings. The van der Waals surface area contributed by atoms with Crippen molar-refractivity contribution < 1.29 is 9.13 Å². The molecule has 0 amide bonds. The molecule has 21 heavy (non-hydrogen) atoms. The molecule has 2 aromatic carbocycles. The van der Waals surface area contributed by atoms with E-state index in [1.807, 2.05) is 26.0 Å². The molecule has 1 N–H and O–H groups in total. The Labute approximate surface area is 129 Å². The Kier molecular flexibility index (Phi) is 4.86. The average molecular weight is 308 g/mol. The van der Waals surface area contributed by atoms with Crippen LogP contribution in [-0.2, 0) is 0 Å². The zero-order valence-corrected chi connectivity index (χ0v) is 13.4. The Balaban J connectivity index is 2.63. The van der Waals surface area contributed by atoms with E-state index < -0.39 is 0 Å². The van der Waals surface area contributed by atoms with Crippen LogP contribution in [0.4, 0.5) is 4.39 Å².